The minimum Gasteiger partial charge on any atom is -0.325 e. The van der Waals surface area contributed by atoms with E-state index < -0.39 is 21.7 Å². The molecular formula is C17H19FN2O3S. The first-order valence-electron chi connectivity index (χ1n) is 7.31. The summed E-state index contributed by atoms with van der Waals surface area (Å²) in [6.45, 7) is 1.68. The Hall–Kier alpha value is -2.25. The summed E-state index contributed by atoms with van der Waals surface area (Å²) in [5.74, 6) is -0.897. The van der Waals surface area contributed by atoms with Crippen LogP contribution in [0.5, 0.6) is 0 Å². The van der Waals surface area contributed by atoms with Crippen LogP contribution >= 0.6 is 0 Å². The van der Waals surface area contributed by atoms with Crippen LogP contribution in [0, 0.1) is 12.7 Å². The van der Waals surface area contributed by atoms with E-state index >= 15 is 0 Å². The Morgan fingerprint density at radius 1 is 1.12 bits per heavy atom. The minimum absolute atomic E-state index is 0.113. The number of hydrogen-bond acceptors (Lipinski definition) is 3. The molecule has 0 saturated carbocycles. The van der Waals surface area contributed by atoms with Crippen molar-refractivity contribution in [1.82, 2.24) is 4.31 Å². The molecule has 7 heteroatoms. The Labute approximate surface area is 141 Å². The average Bonchev–Trinajstić information content (AvgIpc) is 2.50. The molecule has 0 heterocycles. The molecule has 128 valence electrons. The average molecular weight is 350 g/mol. The molecule has 0 bridgehead atoms. The van der Waals surface area contributed by atoms with Crippen LogP contribution in [0.15, 0.2) is 48.5 Å². The maximum absolute atomic E-state index is 12.9. The van der Waals surface area contributed by atoms with Crippen molar-refractivity contribution in [2.45, 2.75) is 13.5 Å². The highest BCUT2D eigenvalue weighted by Crippen LogP contribution is 2.14. The summed E-state index contributed by atoms with van der Waals surface area (Å²) in [7, 11) is -3.56. The van der Waals surface area contributed by atoms with Gasteiger partial charge in [0.05, 0.1) is 12.8 Å². The maximum Gasteiger partial charge on any atom is 0.239 e. The molecule has 0 fully saturated rings. The normalized spacial score (nSPS) is 11.5. The van der Waals surface area contributed by atoms with Gasteiger partial charge < -0.3 is 5.32 Å². The first kappa shape index (κ1) is 18.1. The van der Waals surface area contributed by atoms with Gasteiger partial charge in [0.1, 0.15) is 5.82 Å². The number of nitrogens with one attached hydrogen (secondary N) is 1. The molecule has 0 aliphatic rings. The number of hydrogen-bond donors (Lipinski definition) is 1. The minimum atomic E-state index is -3.56. The lowest BCUT2D eigenvalue weighted by molar-refractivity contribution is -0.116. The van der Waals surface area contributed by atoms with E-state index in [2.05, 4.69) is 5.32 Å². The molecule has 1 amide bonds. The van der Waals surface area contributed by atoms with Gasteiger partial charge in [0, 0.05) is 12.2 Å². The van der Waals surface area contributed by atoms with E-state index in [1.807, 2.05) is 31.2 Å². The van der Waals surface area contributed by atoms with Crippen LogP contribution in [0.1, 0.15) is 11.1 Å². The first-order valence-corrected chi connectivity index (χ1v) is 9.15. The number of amides is 1. The van der Waals surface area contributed by atoms with Crippen molar-refractivity contribution in [1.29, 1.82) is 0 Å². The standard InChI is InChI=1S/C17H19FN2O3S/c1-13-5-3-4-6-14(13)11-20(24(2,22)23)12-17(21)19-16-9-7-15(18)8-10-16/h3-10H,11-12H2,1-2H3,(H,19,21). The highest BCUT2D eigenvalue weighted by molar-refractivity contribution is 7.88. The van der Waals surface area contributed by atoms with Crippen LogP contribution in [0.4, 0.5) is 10.1 Å². The summed E-state index contributed by atoms with van der Waals surface area (Å²) in [6.07, 6.45) is 1.07. The van der Waals surface area contributed by atoms with Crippen LogP contribution in [-0.2, 0) is 21.4 Å². The summed E-state index contributed by atoms with van der Waals surface area (Å²) in [5.41, 5.74) is 2.19. The molecule has 2 rings (SSSR count). The Morgan fingerprint density at radius 3 is 2.33 bits per heavy atom. The van der Waals surface area contributed by atoms with Gasteiger partial charge in [0.2, 0.25) is 15.9 Å². The van der Waals surface area contributed by atoms with Crippen molar-refractivity contribution in [2.24, 2.45) is 0 Å². The monoisotopic (exact) mass is 350 g/mol. The number of halogens is 1. The van der Waals surface area contributed by atoms with Gasteiger partial charge in [0.25, 0.3) is 0 Å². The molecule has 0 atom stereocenters. The summed E-state index contributed by atoms with van der Waals surface area (Å²) >= 11 is 0. The van der Waals surface area contributed by atoms with Crippen LogP contribution in [0.25, 0.3) is 0 Å². The second-order valence-electron chi connectivity index (χ2n) is 5.51. The molecule has 2 aromatic rings. The molecule has 0 unspecified atom stereocenters. The fraction of sp³-hybridized carbons (Fsp3) is 0.235. The third-order valence-corrected chi connectivity index (χ3v) is 4.72. The third-order valence-electron chi connectivity index (χ3n) is 3.52. The zero-order chi connectivity index (χ0) is 17.7. The summed E-state index contributed by atoms with van der Waals surface area (Å²) < 4.78 is 37.9. The lowest BCUT2D eigenvalue weighted by atomic mass is 10.1. The van der Waals surface area contributed by atoms with Gasteiger partial charge in [0.15, 0.2) is 0 Å². The van der Waals surface area contributed by atoms with E-state index in [0.29, 0.717) is 5.69 Å². The first-order chi connectivity index (χ1) is 11.3. The maximum atomic E-state index is 12.9. The Balaban J connectivity index is 2.10. The molecule has 0 spiro atoms. The summed E-state index contributed by atoms with van der Waals surface area (Å²) in [5, 5.41) is 2.56. The number of aryl methyl sites for hydroxylation is 1. The van der Waals surface area contributed by atoms with Crippen LogP contribution < -0.4 is 5.32 Å². The van der Waals surface area contributed by atoms with E-state index in [-0.39, 0.29) is 13.1 Å². The quantitative estimate of drug-likeness (QED) is 0.871. The number of carbonyl (C=O) groups excluding carboxylic acids is 1. The number of nitrogens with zero attached hydrogens (tertiary/aromatic N) is 1. The summed E-state index contributed by atoms with van der Waals surface area (Å²) in [6, 6.07) is 12.7. The van der Waals surface area contributed by atoms with E-state index in [4.69, 9.17) is 0 Å². The molecule has 2 aromatic carbocycles. The topological polar surface area (TPSA) is 66.5 Å². The highest BCUT2D eigenvalue weighted by Gasteiger charge is 2.21. The highest BCUT2D eigenvalue weighted by atomic mass is 32.2. The zero-order valence-corrected chi connectivity index (χ0v) is 14.3. The largest absolute Gasteiger partial charge is 0.325 e. The van der Waals surface area contributed by atoms with Gasteiger partial charge in [-0.1, -0.05) is 24.3 Å². The number of carbonyl (C=O) groups is 1. The number of rotatable bonds is 6. The lowest BCUT2D eigenvalue weighted by Crippen LogP contribution is -2.37. The lowest BCUT2D eigenvalue weighted by Gasteiger charge is -2.20. The van der Waals surface area contributed by atoms with Crippen LogP contribution in [-0.4, -0.2) is 31.4 Å². The van der Waals surface area contributed by atoms with Gasteiger partial charge in [-0.25, -0.2) is 12.8 Å². The third kappa shape index (κ3) is 5.14. The van der Waals surface area contributed by atoms with Crippen molar-refractivity contribution >= 4 is 21.6 Å². The van der Waals surface area contributed by atoms with Crippen LogP contribution in [0.3, 0.4) is 0 Å². The van der Waals surface area contributed by atoms with Crippen molar-refractivity contribution < 1.29 is 17.6 Å². The van der Waals surface area contributed by atoms with E-state index in [1.165, 1.54) is 24.3 Å². The molecular weight excluding hydrogens is 331 g/mol. The van der Waals surface area contributed by atoms with Gasteiger partial charge >= 0.3 is 0 Å². The Kier molecular flexibility index (Phi) is 5.69. The van der Waals surface area contributed by atoms with E-state index in [1.54, 1.807) is 0 Å². The van der Waals surface area contributed by atoms with Gasteiger partial charge in [-0.3, -0.25) is 4.79 Å². The molecule has 0 radical (unpaired) electrons. The number of anilines is 1. The van der Waals surface area contributed by atoms with Crippen molar-refractivity contribution in [2.75, 3.05) is 18.1 Å². The van der Waals surface area contributed by atoms with Crippen molar-refractivity contribution in [3.63, 3.8) is 0 Å². The number of sulfonamides is 1. The molecule has 0 aromatic heterocycles. The van der Waals surface area contributed by atoms with Gasteiger partial charge in [-0.15, -0.1) is 0 Å². The van der Waals surface area contributed by atoms with E-state index in [0.717, 1.165) is 21.7 Å². The molecule has 1 N–H and O–H groups in total. The van der Waals surface area contributed by atoms with Gasteiger partial charge in [-0.2, -0.15) is 4.31 Å². The fourth-order valence-corrected chi connectivity index (χ4v) is 2.89. The SMILES string of the molecule is Cc1ccccc1CN(CC(=O)Nc1ccc(F)cc1)S(C)(=O)=O. The summed E-state index contributed by atoms with van der Waals surface area (Å²) in [4.78, 5) is 12.1. The van der Waals surface area contributed by atoms with Crippen molar-refractivity contribution in [3.05, 3.63) is 65.5 Å². The Bertz CT molecular complexity index is 820. The second-order valence-corrected chi connectivity index (χ2v) is 7.50. The second kappa shape index (κ2) is 7.55. The molecule has 0 saturated heterocycles. The molecule has 24 heavy (non-hydrogen) atoms. The van der Waals surface area contributed by atoms with Crippen LogP contribution in [0.2, 0.25) is 0 Å². The molecule has 0 aliphatic carbocycles. The Morgan fingerprint density at radius 2 is 1.75 bits per heavy atom. The number of benzene rings is 2. The fourth-order valence-electron chi connectivity index (χ4n) is 2.16. The van der Waals surface area contributed by atoms with Crippen molar-refractivity contribution in [3.8, 4) is 0 Å². The predicted octanol–water partition coefficient (Wildman–Crippen LogP) is 2.53. The molecule has 5 nitrogen and oxygen atoms in total. The smallest absolute Gasteiger partial charge is 0.239 e. The zero-order valence-electron chi connectivity index (χ0n) is 13.5. The van der Waals surface area contributed by atoms with E-state index in [9.17, 15) is 17.6 Å². The predicted molar refractivity (Wildman–Crippen MR) is 91.5 cm³/mol. The molecule has 0 aliphatic heterocycles. The van der Waals surface area contributed by atoms with Gasteiger partial charge in [-0.05, 0) is 42.3 Å².